The van der Waals surface area contributed by atoms with Crippen LogP contribution in [0.4, 0.5) is 0 Å². The molecule has 1 aromatic heterocycles. The van der Waals surface area contributed by atoms with Crippen molar-refractivity contribution in [1.29, 1.82) is 0 Å². The second-order valence-electron chi connectivity index (χ2n) is 4.44. The van der Waals surface area contributed by atoms with Crippen LogP contribution in [0.5, 0.6) is 0 Å². The molecule has 3 nitrogen and oxygen atoms in total. The number of pyridine rings is 1. The lowest BCUT2D eigenvalue weighted by atomic mass is 10.1. The van der Waals surface area contributed by atoms with Crippen molar-refractivity contribution in [3.05, 3.63) is 29.6 Å². The molecule has 0 radical (unpaired) electrons. The van der Waals surface area contributed by atoms with Crippen LogP contribution in [-0.4, -0.2) is 37.1 Å². The van der Waals surface area contributed by atoms with E-state index in [1.807, 2.05) is 13.1 Å². The first kappa shape index (κ1) is 13.1. The van der Waals surface area contributed by atoms with E-state index in [9.17, 15) is 0 Å². The minimum Gasteiger partial charge on any atom is -0.310 e. The highest BCUT2D eigenvalue weighted by molar-refractivity contribution is 5.17. The third-order valence-corrected chi connectivity index (χ3v) is 2.65. The van der Waals surface area contributed by atoms with Crippen molar-refractivity contribution in [2.45, 2.75) is 26.3 Å². The van der Waals surface area contributed by atoms with Crippen molar-refractivity contribution in [3.63, 3.8) is 0 Å². The Morgan fingerprint density at radius 2 is 2.12 bits per heavy atom. The van der Waals surface area contributed by atoms with Gasteiger partial charge in [-0.3, -0.25) is 4.98 Å². The molecule has 1 atom stereocenters. The van der Waals surface area contributed by atoms with Gasteiger partial charge in [0.1, 0.15) is 0 Å². The third kappa shape index (κ3) is 4.29. The molecule has 0 bridgehead atoms. The molecule has 1 aromatic rings. The van der Waals surface area contributed by atoms with Gasteiger partial charge in [-0.2, -0.15) is 0 Å². The first-order chi connectivity index (χ1) is 7.63. The molecule has 1 rings (SSSR count). The van der Waals surface area contributed by atoms with Gasteiger partial charge in [0.25, 0.3) is 0 Å². The third-order valence-electron chi connectivity index (χ3n) is 2.65. The van der Waals surface area contributed by atoms with E-state index in [1.54, 1.807) is 0 Å². The van der Waals surface area contributed by atoms with Crippen molar-refractivity contribution in [3.8, 4) is 0 Å². The summed E-state index contributed by atoms with van der Waals surface area (Å²) in [5.74, 6) is 0. The van der Waals surface area contributed by atoms with Crippen LogP contribution in [0.25, 0.3) is 0 Å². The van der Waals surface area contributed by atoms with Crippen LogP contribution < -0.4 is 5.32 Å². The number of rotatable bonds is 6. The summed E-state index contributed by atoms with van der Waals surface area (Å²) in [5, 5.41) is 3.51. The number of aromatic nitrogens is 1. The molecule has 0 saturated heterocycles. The number of hydrogen-bond donors (Lipinski definition) is 1. The van der Waals surface area contributed by atoms with E-state index in [-0.39, 0.29) is 0 Å². The summed E-state index contributed by atoms with van der Waals surface area (Å²) < 4.78 is 0. The van der Waals surface area contributed by atoms with E-state index in [0.717, 1.165) is 25.2 Å². The van der Waals surface area contributed by atoms with Crippen molar-refractivity contribution < 1.29 is 0 Å². The summed E-state index contributed by atoms with van der Waals surface area (Å²) in [4.78, 5) is 6.57. The summed E-state index contributed by atoms with van der Waals surface area (Å²) in [7, 11) is 4.22. The van der Waals surface area contributed by atoms with Gasteiger partial charge in [-0.05, 0) is 52.2 Å². The zero-order chi connectivity index (χ0) is 12.0. The van der Waals surface area contributed by atoms with Crippen molar-refractivity contribution in [2.24, 2.45) is 0 Å². The number of aryl methyl sites for hydroxylation is 1. The molecule has 90 valence electrons. The normalized spacial score (nSPS) is 13.1. The Bertz CT molecular complexity index is 293. The van der Waals surface area contributed by atoms with Crippen molar-refractivity contribution >= 4 is 0 Å². The van der Waals surface area contributed by atoms with Gasteiger partial charge in [0, 0.05) is 17.9 Å². The van der Waals surface area contributed by atoms with Gasteiger partial charge < -0.3 is 10.2 Å². The molecule has 0 aliphatic carbocycles. The molecule has 0 spiro atoms. The summed E-state index contributed by atoms with van der Waals surface area (Å²) in [6, 6.07) is 4.67. The molecule has 0 aliphatic heterocycles. The largest absolute Gasteiger partial charge is 0.310 e. The summed E-state index contributed by atoms with van der Waals surface area (Å²) in [5.41, 5.74) is 2.36. The van der Waals surface area contributed by atoms with E-state index in [2.05, 4.69) is 48.4 Å². The van der Waals surface area contributed by atoms with Gasteiger partial charge in [0.2, 0.25) is 0 Å². The van der Waals surface area contributed by atoms with Crippen LogP contribution in [0, 0.1) is 6.92 Å². The fourth-order valence-corrected chi connectivity index (χ4v) is 1.71. The molecule has 0 aromatic carbocycles. The maximum absolute atomic E-state index is 4.36. The molecule has 1 heterocycles. The maximum atomic E-state index is 4.36. The average Bonchev–Trinajstić information content (AvgIpc) is 2.25. The Morgan fingerprint density at radius 1 is 1.38 bits per heavy atom. The maximum Gasteiger partial charge on any atom is 0.0372 e. The average molecular weight is 221 g/mol. The van der Waals surface area contributed by atoms with E-state index < -0.39 is 0 Å². The number of nitrogens with zero attached hydrogens (tertiary/aromatic N) is 2. The summed E-state index contributed by atoms with van der Waals surface area (Å²) in [6.07, 6.45) is 3.10. The minimum atomic E-state index is 0.417. The van der Waals surface area contributed by atoms with Crippen LogP contribution in [0.3, 0.4) is 0 Å². The van der Waals surface area contributed by atoms with Crippen molar-refractivity contribution in [2.75, 3.05) is 27.2 Å². The van der Waals surface area contributed by atoms with Crippen LogP contribution in [0.2, 0.25) is 0 Å². The second-order valence-corrected chi connectivity index (χ2v) is 4.44. The van der Waals surface area contributed by atoms with E-state index in [1.165, 1.54) is 5.56 Å². The molecular weight excluding hydrogens is 198 g/mol. The topological polar surface area (TPSA) is 28.2 Å². The Hall–Kier alpha value is -0.930. The summed E-state index contributed by atoms with van der Waals surface area (Å²) >= 11 is 0. The predicted molar refractivity (Wildman–Crippen MR) is 68.6 cm³/mol. The quantitative estimate of drug-likeness (QED) is 0.796. The molecule has 16 heavy (non-hydrogen) atoms. The van der Waals surface area contributed by atoms with Crippen LogP contribution in [-0.2, 0) is 0 Å². The Labute approximate surface area is 98.9 Å². The van der Waals surface area contributed by atoms with Gasteiger partial charge in [0.15, 0.2) is 0 Å². The molecule has 0 amide bonds. The number of nitrogens with one attached hydrogen (secondary N) is 1. The Kier molecular flexibility index (Phi) is 5.43. The monoisotopic (exact) mass is 221 g/mol. The molecular formula is C13H23N3. The van der Waals surface area contributed by atoms with Crippen molar-refractivity contribution in [1.82, 2.24) is 15.2 Å². The highest BCUT2D eigenvalue weighted by Gasteiger charge is 2.10. The van der Waals surface area contributed by atoms with Crippen LogP contribution in [0.15, 0.2) is 18.3 Å². The lowest BCUT2D eigenvalue weighted by Gasteiger charge is -2.20. The van der Waals surface area contributed by atoms with E-state index in [0.29, 0.717) is 6.04 Å². The molecule has 0 aliphatic rings. The Morgan fingerprint density at radius 3 is 2.62 bits per heavy atom. The van der Waals surface area contributed by atoms with Gasteiger partial charge in [-0.1, -0.05) is 13.0 Å². The fourth-order valence-electron chi connectivity index (χ4n) is 1.71. The van der Waals surface area contributed by atoms with Crippen LogP contribution >= 0.6 is 0 Å². The lowest BCUT2D eigenvalue weighted by molar-refractivity contribution is 0.363. The molecule has 1 unspecified atom stereocenters. The Balaban J connectivity index is 2.64. The highest BCUT2D eigenvalue weighted by Crippen LogP contribution is 2.16. The summed E-state index contributed by atoms with van der Waals surface area (Å²) in [6.45, 7) is 6.24. The predicted octanol–water partition coefficient (Wildman–Crippen LogP) is 1.99. The standard InChI is InChI=1S/C13H23N3/c1-5-14-13(8-9-16(3)4)12-7-6-11(2)15-10-12/h6-7,10,13-14H,5,8-9H2,1-4H3. The second kappa shape index (κ2) is 6.61. The first-order valence-electron chi connectivity index (χ1n) is 5.94. The first-order valence-corrected chi connectivity index (χ1v) is 5.94. The zero-order valence-electron chi connectivity index (χ0n) is 10.8. The van der Waals surface area contributed by atoms with Gasteiger partial charge >= 0.3 is 0 Å². The van der Waals surface area contributed by atoms with Crippen LogP contribution in [0.1, 0.15) is 30.6 Å². The smallest absolute Gasteiger partial charge is 0.0372 e. The lowest BCUT2D eigenvalue weighted by Crippen LogP contribution is -2.25. The van der Waals surface area contributed by atoms with Gasteiger partial charge in [-0.25, -0.2) is 0 Å². The molecule has 1 N–H and O–H groups in total. The SMILES string of the molecule is CCNC(CCN(C)C)c1ccc(C)nc1. The number of hydrogen-bond acceptors (Lipinski definition) is 3. The minimum absolute atomic E-state index is 0.417. The van der Waals surface area contributed by atoms with E-state index in [4.69, 9.17) is 0 Å². The fraction of sp³-hybridized carbons (Fsp3) is 0.615. The van der Waals surface area contributed by atoms with Gasteiger partial charge in [0.05, 0.1) is 0 Å². The molecule has 0 fully saturated rings. The molecule has 3 heteroatoms. The highest BCUT2D eigenvalue weighted by atomic mass is 15.1. The molecule has 0 saturated carbocycles. The van der Waals surface area contributed by atoms with Gasteiger partial charge in [-0.15, -0.1) is 0 Å². The van der Waals surface area contributed by atoms with E-state index >= 15 is 0 Å². The zero-order valence-corrected chi connectivity index (χ0v) is 10.8.